The zero-order chi connectivity index (χ0) is 23.2. The first-order valence-corrected chi connectivity index (χ1v) is 10.7. The summed E-state index contributed by atoms with van der Waals surface area (Å²) < 4.78 is 36.4. The Labute approximate surface area is 191 Å². The van der Waals surface area contributed by atoms with Gasteiger partial charge in [0.05, 0.1) is 37.7 Å². The van der Waals surface area contributed by atoms with Crippen LogP contribution >= 0.6 is 0 Å². The van der Waals surface area contributed by atoms with E-state index in [4.69, 9.17) is 9.72 Å². The minimum Gasteiger partial charge on any atom is -0.378 e. The number of halogens is 2. The van der Waals surface area contributed by atoms with Crippen molar-refractivity contribution in [3.05, 3.63) is 48.2 Å². The zero-order valence-corrected chi connectivity index (χ0v) is 18.2. The van der Waals surface area contributed by atoms with Gasteiger partial charge in [0.1, 0.15) is 11.3 Å². The average Bonchev–Trinajstić information content (AvgIpc) is 3.58. The largest absolute Gasteiger partial charge is 0.378 e. The molecular formula is C21H20F2N10O. The van der Waals surface area contributed by atoms with Crippen LogP contribution in [0.4, 0.5) is 20.7 Å². The van der Waals surface area contributed by atoms with Gasteiger partial charge in [-0.15, -0.1) is 0 Å². The number of ether oxygens (including phenoxy) is 1. The summed E-state index contributed by atoms with van der Waals surface area (Å²) in [6, 6.07) is 2.52. The fourth-order valence-electron chi connectivity index (χ4n) is 3.96. The number of benzene rings is 1. The summed E-state index contributed by atoms with van der Waals surface area (Å²) in [5.41, 5.74) is 2.68. The van der Waals surface area contributed by atoms with Crippen LogP contribution in [0.2, 0.25) is 0 Å². The lowest BCUT2D eigenvalue weighted by Crippen LogP contribution is -2.37. The van der Waals surface area contributed by atoms with E-state index in [0.29, 0.717) is 55.2 Å². The van der Waals surface area contributed by atoms with Crippen molar-refractivity contribution < 1.29 is 13.5 Å². The van der Waals surface area contributed by atoms with E-state index in [2.05, 4.69) is 30.5 Å². The molecule has 6 rings (SSSR count). The van der Waals surface area contributed by atoms with Gasteiger partial charge in [0.2, 0.25) is 11.9 Å². The van der Waals surface area contributed by atoms with Crippen molar-refractivity contribution in [3.63, 3.8) is 0 Å². The average molecular weight is 466 g/mol. The number of aromatic amines is 1. The summed E-state index contributed by atoms with van der Waals surface area (Å²) in [5.74, 6) is -0.507. The second-order valence-corrected chi connectivity index (χ2v) is 7.94. The minimum absolute atomic E-state index is 0.0448. The Morgan fingerprint density at radius 3 is 2.74 bits per heavy atom. The Bertz CT molecular complexity index is 1500. The van der Waals surface area contributed by atoms with Crippen LogP contribution in [0.3, 0.4) is 0 Å². The number of nitrogens with zero attached hydrogens (tertiary/aromatic N) is 8. The Balaban J connectivity index is 1.39. The first-order valence-electron chi connectivity index (χ1n) is 10.7. The molecule has 2 N–H and O–H groups in total. The molecule has 0 bridgehead atoms. The molecule has 1 aromatic carbocycles. The van der Waals surface area contributed by atoms with E-state index >= 15 is 0 Å². The number of H-pyrrole nitrogens is 1. The maximum absolute atomic E-state index is 14.1. The third-order valence-corrected chi connectivity index (χ3v) is 5.67. The van der Waals surface area contributed by atoms with Gasteiger partial charge in [-0.2, -0.15) is 24.7 Å². The van der Waals surface area contributed by atoms with Crippen LogP contribution in [-0.2, 0) is 18.3 Å². The minimum atomic E-state index is -0.979. The van der Waals surface area contributed by atoms with Crippen molar-refractivity contribution in [2.75, 3.05) is 36.5 Å². The quantitative estimate of drug-likeness (QED) is 0.405. The van der Waals surface area contributed by atoms with Gasteiger partial charge >= 0.3 is 0 Å². The predicted octanol–water partition coefficient (Wildman–Crippen LogP) is 2.13. The first-order chi connectivity index (χ1) is 16.6. The van der Waals surface area contributed by atoms with Crippen molar-refractivity contribution in [3.8, 4) is 11.1 Å². The van der Waals surface area contributed by atoms with Gasteiger partial charge in [0.15, 0.2) is 17.3 Å². The van der Waals surface area contributed by atoms with Gasteiger partial charge in [-0.1, -0.05) is 0 Å². The van der Waals surface area contributed by atoms with E-state index in [-0.39, 0.29) is 12.1 Å². The summed E-state index contributed by atoms with van der Waals surface area (Å²) in [5, 5.41) is 11.9. The van der Waals surface area contributed by atoms with Crippen molar-refractivity contribution in [2.45, 2.75) is 6.54 Å². The van der Waals surface area contributed by atoms with Crippen LogP contribution in [-0.4, -0.2) is 65.6 Å². The number of imidazole rings is 1. The third-order valence-electron chi connectivity index (χ3n) is 5.67. The normalized spacial score (nSPS) is 14.4. The van der Waals surface area contributed by atoms with Gasteiger partial charge in [-0.05, 0) is 12.1 Å². The number of aryl methyl sites for hydroxylation is 1. The van der Waals surface area contributed by atoms with Gasteiger partial charge in [-0.3, -0.25) is 4.68 Å². The maximum atomic E-state index is 14.1. The van der Waals surface area contributed by atoms with Gasteiger partial charge < -0.3 is 19.9 Å². The van der Waals surface area contributed by atoms with Crippen LogP contribution in [0.25, 0.3) is 27.8 Å². The second-order valence-electron chi connectivity index (χ2n) is 7.94. The molecule has 174 valence electrons. The molecule has 0 unspecified atom stereocenters. The molecule has 1 saturated heterocycles. The van der Waals surface area contributed by atoms with E-state index in [9.17, 15) is 8.78 Å². The van der Waals surface area contributed by atoms with Crippen LogP contribution in [0.15, 0.2) is 30.7 Å². The van der Waals surface area contributed by atoms with Gasteiger partial charge in [0, 0.05) is 37.5 Å². The number of anilines is 2. The number of rotatable bonds is 5. The molecule has 1 fully saturated rings. The lowest BCUT2D eigenvalue weighted by atomic mass is 10.2. The third kappa shape index (κ3) is 3.50. The summed E-state index contributed by atoms with van der Waals surface area (Å²) in [6.45, 7) is 2.70. The number of hydrogen-bond donors (Lipinski definition) is 2. The molecule has 11 nitrogen and oxygen atoms in total. The van der Waals surface area contributed by atoms with E-state index in [0.717, 1.165) is 17.2 Å². The van der Waals surface area contributed by atoms with Crippen molar-refractivity contribution in [2.24, 2.45) is 7.05 Å². The highest BCUT2D eigenvalue weighted by atomic mass is 19.2. The van der Waals surface area contributed by atoms with E-state index in [1.165, 1.54) is 6.07 Å². The SMILES string of the molecule is Cn1cc(-c2cnn3c(NCc4nc5c(F)c(F)ccc5[nH]4)nc(N4CCOCC4)nc23)cn1. The predicted molar refractivity (Wildman–Crippen MR) is 119 cm³/mol. The molecule has 1 aliphatic heterocycles. The Kier molecular flexibility index (Phi) is 4.83. The van der Waals surface area contributed by atoms with Crippen LogP contribution < -0.4 is 10.2 Å². The summed E-state index contributed by atoms with van der Waals surface area (Å²) in [6.07, 6.45) is 5.36. The van der Waals surface area contributed by atoms with Crippen LogP contribution in [0.5, 0.6) is 0 Å². The van der Waals surface area contributed by atoms with E-state index in [1.807, 2.05) is 18.1 Å². The lowest BCUT2D eigenvalue weighted by molar-refractivity contribution is 0.122. The second kappa shape index (κ2) is 8.02. The molecule has 0 aliphatic carbocycles. The van der Waals surface area contributed by atoms with Crippen LogP contribution in [0.1, 0.15) is 5.82 Å². The smallest absolute Gasteiger partial charge is 0.230 e. The topological polar surface area (TPSA) is 114 Å². The highest BCUT2D eigenvalue weighted by molar-refractivity contribution is 5.78. The number of fused-ring (bicyclic) bond motifs is 2. The Morgan fingerprint density at radius 2 is 1.94 bits per heavy atom. The van der Waals surface area contributed by atoms with Crippen molar-refractivity contribution in [1.82, 2.24) is 39.3 Å². The summed E-state index contributed by atoms with van der Waals surface area (Å²) in [7, 11) is 1.85. The standard InChI is InChI=1S/C21H20F2N10O/c1-31-11-12(8-25-31)13-9-26-33-19(13)29-21(32-4-6-34-7-5-32)30-20(33)24-10-16-27-15-3-2-14(22)17(23)18(15)28-16/h2-3,8-9,11H,4-7,10H2,1H3,(H,27,28)(H,24,29,30). The molecule has 4 aromatic heterocycles. The fourth-order valence-corrected chi connectivity index (χ4v) is 3.96. The molecule has 5 aromatic rings. The van der Waals surface area contributed by atoms with E-state index < -0.39 is 11.6 Å². The molecule has 5 heterocycles. The molecular weight excluding hydrogens is 446 g/mol. The first kappa shape index (κ1) is 20.5. The number of nitrogens with one attached hydrogen (secondary N) is 2. The van der Waals surface area contributed by atoms with Crippen molar-refractivity contribution >= 4 is 28.6 Å². The zero-order valence-electron chi connectivity index (χ0n) is 18.2. The molecule has 34 heavy (non-hydrogen) atoms. The highest BCUT2D eigenvalue weighted by Gasteiger charge is 2.20. The summed E-state index contributed by atoms with van der Waals surface area (Å²) >= 11 is 0. The Hall–Kier alpha value is -4.13. The number of morpholine rings is 1. The molecule has 0 amide bonds. The maximum Gasteiger partial charge on any atom is 0.230 e. The summed E-state index contributed by atoms with van der Waals surface area (Å²) in [4.78, 5) is 18.7. The van der Waals surface area contributed by atoms with E-state index in [1.54, 1.807) is 21.6 Å². The molecule has 1 aliphatic rings. The van der Waals surface area contributed by atoms with Crippen LogP contribution in [0, 0.1) is 11.6 Å². The highest BCUT2D eigenvalue weighted by Crippen LogP contribution is 2.26. The Morgan fingerprint density at radius 1 is 1.09 bits per heavy atom. The molecule has 0 saturated carbocycles. The molecule has 0 spiro atoms. The monoisotopic (exact) mass is 466 g/mol. The molecule has 0 atom stereocenters. The van der Waals surface area contributed by atoms with Gasteiger partial charge in [0.25, 0.3) is 0 Å². The molecule has 0 radical (unpaired) electrons. The lowest BCUT2D eigenvalue weighted by Gasteiger charge is -2.27. The van der Waals surface area contributed by atoms with Gasteiger partial charge in [-0.25, -0.2) is 13.8 Å². The number of aromatic nitrogens is 8. The fraction of sp³-hybridized carbons (Fsp3) is 0.286. The van der Waals surface area contributed by atoms with Crippen molar-refractivity contribution in [1.29, 1.82) is 0 Å². The number of hydrogen-bond acceptors (Lipinski definition) is 8. The molecule has 13 heteroatoms.